The quantitative estimate of drug-likeness (QED) is 0.560. The molecular formula is C13H25NO. The Balaban J connectivity index is -0.000000318. The molecule has 0 aliphatic heterocycles. The molecule has 0 aromatic heterocycles. The predicted molar refractivity (Wildman–Crippen MR) is 69.9 cm³/mol. The standard InChI is InChI=1S/C9H15NO.C2H6.C2H4/c1-4-5-8(2)6-7-9(11)10-3;2*1-2/h4-5H,2,6-7H2,1,3H3,(H,10,11);1-2H3;1-2H2/b5-4-;;. The summed E-state index contributed by atoms with van der Waals surface area (Å²) in [6.07, 6.45) is 5.11. The first-order valence-corrected chi connectivity index (χ1v) is 5.21. The van der Waals surface area contributed by atoms with Crippen molar-refractivity contribution in [1.29, 1.82) is 0 Å². The molecule has 0 unspecified atom stereocenters. The van der Waals surface area contributed by atoms with Gasteiger partial charge in [0.1, 0.15) is 0 Å². The zero-order valence-corrected chi connectivity index (χ0v) is 10.6. The zero-order chi connectivity index (χ0) is 12.7. The maximum atomic E-state index is 10.7. The van der Waals surface area contributed by atoms with E-state index < -0.39 is 0 Å². The summed E-state index contributed by atoms with van der Waals surface area (Å²) in [6.45, 7) is 15.7. The van der Waals surface area contributed by atoms with E-state index in [0.717, 1.165) is 12.0 Å². The largest absolute Gasteiger partial charge is 0.359 e. The van der Waals surface area contributed by atoms with Crippen LogP contribution in [0.5, 0.6) is 0 Å². The second kappa shape index (κ2) is 18.5. The van der Waals surface area contributed by atoms with Crippen molar-refractivity contribution < 1.29 is 4.79 Å². The lowest BCUT2D eigenvalue weighted by Crippen LogP contribution is -2.16. The summed E-state index contributed by atoms with van der Waals surface area (Å²) >= 11 is 0. The number of hydrogen-bond acceptors (Lipinski definition) is 1. The van der Waals surface area contributed by atoms with Gasteiger partial charge in [-0.15, -0.1) is 13.2 Å². The average Bonchev–Trinajstić information content (AvgIpc) is 2.31. The van der Waals surface area contributed by atoms with Gasteiger partial charge >= 0.3 is 0 Å². The van der Waals surface area contributed by atoms with Crippen LogP contribution < -0.4 is 5.32 Å². The third-order valence-corrected chi connectivity index (χ3v) is 1.35. The molecule has 2 heteroatoms. The number of allylic oxidation sites excluding steroid dienone is 3. The highest BCUT2D eigenvalue weighted by Crippen LogP contribution is 2.02. The van der Waals surface area contributed by atoms with E-state index in [0.29, 0.717) is 6.42 Å². The number of hydrogen-bond donors (Lipinski definition) is 1. The molecule has 15 heavy (non-hydrogen) atoms. The fourth-order valence-electron chi connectivity index (χ4n) is 0.718. The molecule has 0 saturated carbocycles. The van der Waals surface area contributed by atoms with Gasteiger partial charge < -0.3 is 5.32 Å². The molecular weight excluding hydrogens is 186 g/mol. The van der Waals surface area contributed by atoms with Crippen molar-refractivity contribution in [2.45, 2.75) is 33.6 Å². The third-order valence-electron chi connectivity index (χ3n) is 1.35. The summed E-state index contributed by atoms with van der Waals surface area (Å²) < 4.78 is 0. The topological polar surface area (TPSA) is 29.1 Å². The highest BCUT2D eigenvalue weighted by molar-refractivity contribution is 5.75. The number of carbonyl (C=O) groups excluding carboxylic acids is 1. The summed E-state index contributed by atoms with van der Waals surface area (Å²) in [6, 6.07) is 0. The first-order chi connectivity index (χ1) is 7.20. The van der Waals surface area contributed by atoms with Gasteiger partial charge in [-0.05, 0) is 13.3 Å². The smallest absolute Gasteiger partial charge is 0.220 e. The van der Waals surface area contributed by atoms with Gasteiger partial charge in [0.2, 0.25) is 5.91 Å². The van der Waals surface area contributed by atoms with Gasteiger partial charge in [-0.3, -0.25) is 4.79 Å². The van der Waals surface area contributed by atoms with Crippen LogP contribution in [-0.2, 0) is 4.79 Å². The van der Waals surface area contributed by atoms with Crippen LogP contribution >= 0.6 is 0 Å². The molecule has 2 nitrogen and oxygen atoms in total. The first-order valence-electron chi connectivity index (χ1n) is 5.21. The monoisotopic (exact) mass is 211 g/mol. The second-order valence-corrected chi connectivity index (χ2v) is 2.33. The van der Waals surface area contributed by atoms with Crippen molar-refractivity contribution in [3.8, 4) is 0 Å². The van der Waals surface area contributed by atoms with Crippen molar-refractivity contribution in [1.82, 2.24) is 5.32 Å². The molecule has 0 aromatic rings. The van der Waals surface area contributed by atoms with Crippen LogP contribution in [0.15, 0.2) is 37.5 Å². The molecule has 0 heterocycles. The molecule has 1 amide bonds. The van der Waals surface area contributed by atoms with Crippen molar-refractivity contribution >= 4 is 5.91 Å². The molecule has 0 aliphatic rings. The molecule has 0 atom stereocenters. The van der Waals surface area contributed by atoms with E-state index in [1.165, 1.54) is 0 Å². The summed E-state index contributed by atoms with van der Waals surface area (Å²) in [5.41, 5.74) is 0.996. The third kappa shape index (κ3) is 19.2. The SMILES string of the molecule is C=C.C=C(/C=C\C)CCC(=O)NC.CC. The summed E-state index contributed by atoms with van der Waals surface area (Å²) in [5, 5.41) is 2.56. The van der Waals surface area contributed by atoms with Gasteiger partial charge in [0.25, 0.3) is 0 Å². The van der Waals surface area contributed by atoms with Crippen LogP contribution in [0.3, 0.4) is 0 Å². The minimum Gasteiger partial charge on any atom is -0.359 e. The van der Waals surface area contributed by atoms with E-state index in [4.69, 9.17) is 0 Å². The Bertz CT molecular complexity index is 183. The number of amides is 1. The van der Waals surface area contributed by atoms with E-state index in [-0.39, 0.29) is 5.91 Å². The van der Waals surface area contributed by atoms with E-state index in [2.05, 4.69) is 25.1 Å². The molecule has 0 spiro atoms. The molecule has 0 saturated heterocycles. The van der Waals surface area contributed by atoms with E-state index >= 15 is 0 Å². The van der Waals surface area contributed by atoms with Gasteiger partial charge in [0.15, 0.2) is 0 Å². The summed E-state index contributed by atoms with van der Waals surface area (Å²) in [4.78, 5) is 10.7. The molecule has 0 rings (SSSR count). The fourth-order valence-corrected chi connectivity index (χ4v) is 0.718. The predicted octanol–water partition coefficient (Wildman–Crippen LogP) is 3.47. The lowest BCUT2D eigenvalue weighted by atomic mass is 10.1. The minimum absolute atomic E-state index is 0.0654. The van der Waals surface area contributed by atoms with Crippen LogP contribution in [0.2, 0.25) is 0 Å². The molecule has 0 aromatic carbocycles. The molecule has 88 valence electrons. The number of rotatable bonds is 4. The van der Waals surface area contributed by atoms with Gasteiger partial charge in [0.05, 0.1) is 0 Å². The Kier molecular flexibility index (Phi) is 23.8. The lowest BCUT2D eigenvalue weighted by Gasteiger charge is -1.98. The maximum Gasteiger partial charge on any atom is 0.220 e. The van der Waals surface area contributed by atoms with Crippen molar-refractivity contribution in [2.24, 2.45) is 0 Å². The normalized spacial score (nSPS) is 8.00. The highest BCUT2D eigenvalue weighted by atomic mass is 16.1. The maximum absolute atomic E-state index is 10.7. The number of carbonyl (C=O) groups is 1. The Morgan fingerprint density at radius 2 is 1.73 bits per heavy atom. The molecule has 1 N–H and O–H groups in total. The number of nitrogens with one attached hydrogen (secondary N) is 1. The summed E-state index contributed by atoms with van der Waals surface area (Å²) in [5.74, 6) is 0.0654. The fraction of sp³-hybridized carbons (Fsp3) is 0.462. The van der Waals surface area contributed by atoms with Gasteiger partial charge in [0, 0.05) is 13.5 Å². The van der Waals surface area contributed by atoms with Gasteiger partial charge in [-0.2, -0.15) is 0 Å². The van der Waals surface area contributed by atoms with Crippen LogP contribution in [0.4, 0.5) is 0 Å². The van der Waals surface area contributed by atoms with Crippen molar-refractivity contribution in [3.63, 3.8) is 0 Å². The highest BCUT2D eigenvalue weighted by Gasteiger charge is 1.96. The zero-order valence-electron chi connectivity index (χ0n) is 10.6. The first kappa shape index (κ1) is 19.3. The van der Waals surface area contributed by atoms with E-state index in [1.54, 1.807) is 7.05 Å². The van der Waals surface area contributed by atoms with Gasteiger partial charge in [-0.25, -0.2) is 0 Å². The Morgan fingerprint density at radius 1 is 1.27 bits per heavy atom. The van der Waals surface area contributed by atoms with Gasteiger partial charge in [-0.1, -0.05) is 38.2 Å². The minimum atomic E-state index is 0.0654. The Hall–Kier alpha value is -1.31. The molecule has 0 radical (unpaired) electrons. The molecule has 0 fully saturated rings. The van der Waals surface area contributed by atoms with E-state index in [9.17, 15) is 4.79 Å². The van der Waals surface area contributed by atoms with Crippen LogP contribution in [-0.4, -0.2) is 13.0 Å². The molecule has 0 aliphatic carbocycles. The van der Waals surface area contributed by atoms with Crippen LogP contribution in [0.25, 0.3) is 0 Å². The van der Waals surface area contributed by atoms with Crippen LogP contribution in [0, 0.1) is 0 Å². The molecule has 0 bridgehead atoms. The van der Waals surface area contributed by atoms with Crippen molar-refractivity contribution in [3.05, 3.63) is 37.5 Å². The van der Waals surface area contributed by atoms with Crippen molar-refractivity contribution in [2.75, 3.05) is 7.05 Å². The lowest BCUT2D eigenvalue weighted by molar-refractivity contribution is -0.120. The van der Waals surface area contributed by atoms with E-state index in [1.807, 2.05) is 32.9 Å². The second-order valence-electron chi connectivity index (χ2n) is 2.33. The van der Waals surface area contributed by atoms with Crippen LogP contribution in [0.1, 0.15) is 33.6 Å². The summed E-state index contributed by atoms with van der Waals surface area (Å²) in [7, 11) is 1.64. The average molecular weight is 211 g/mol. The Labute approximate surface area is 94.8 Å². The Morgan fingerprint density at radius 3 is 2.07 bits per heavy atom.